The minimum absolute atomic E-state index is 0.00685. The second-order valence-electron chi connectivity index (χ2n) is 5.60. The molecule has 1 heterocycles. The molecule has 0 saturated carbocycles. The van der Waals surface area contributed by atoms with Crippen molar-refractivity contribution < 1.29 is 9.59 Å². The smallest absolute Gasteiger partial charge is 0.238 e. The third kappa shape index (κ3) is 5.13. The zero-order valence-electron chi connectivity index (χ0n) is 13.0. The van der Waals surface area contributed by atoms with Crippen LogP contribution in [0.3, 0.4) is 0 Å². The maximum absolute atomic E-state index is 12.1. The molecule has 1 aliphatic heterocycles. The fourth-order valence-electron chi connectivity index (χ4n) is 2.57. The lowest BCUT2D eigenvalue weighted by molar-refractivity contribution is -0.118. The molecule has 0 aliphatic carbocycles. The molecule has 3 N–H and O–H groups in total. The highest BCUT2D eigenvalue weighted by atomic mass is 16.2. The molecule has 0 spiro atoms. The topological polar surface area (TPSA) is 78.7 Å². The van der Waals surface area contributed by atoms with Gasteiger partial charge in [-0.15, -0.1) is 0 Å². The van der Waals surface area contributed by atoms with Gasteiger partial charge in [0.15, 0.2) is 0 Å². The fraction of sp³-hybridized carbons (Fsp3) is 0.500. The molecule has 120 valence electrons. The number of rotatable bonds is 6. The molecule has 6 nitrogen and oxygen atoms in total. The maximum atomic E-state index is 12.1. The van der Waals surface area contributed by atoms with Gasteiger partial charge >= 0.3 is 0 Å². The average Bonchev–Trinajstić information content (AvgIpc) is 2.49. The number of hydrogen-bond acceptors (Lipinski definition) is 4. The van der Waals surface area contributed by atoms with Gasteiger partial charge in [0.1, 0.15) is 0 Å². The van der Waals surface area contributed by atoms with E-state index in [2.05, 4.69) is 22.0 Å². The number of anilines is 1. The normalized spacial score (nSPS) is 16.4. The number of primary amides is 1. The molecule has 0 bridgehead atoms. The standard InChI is InChI=1S/C16H24N4O2/c1-2-19-7-9-20(10-8-19)12-16(22)18-14-5-3-13(4-6-14)11-15(17)21/h3-6H,2,7-12H2,1H3,(H2,17,21)(H,18,22). The average molecular weight is 304 g/mol. The largest absolute Gasteiger partial charge is 0.369 e. The number of piperazine rings is 1. The van der Waals surface area contributed by atoms with Crippen LogP contribution < -0.4 is 11.1 Å². The van der Waals surface area contributed by atoms with E-state index in [-0.39, 0.29) is 18.2 Å². The van der Waals surface area contributed by atoms with Crippen LogP contribution in [0.1, 0.15) is 12.5 Å². The van der Waals surface area contributed by atoms with Crippen LogP contribution in [0.5, 0.6) is 0 Å². The lowest BCUT2D eigenvalue weighted by atomic mass is 10.1. The highest BCUT2D eigenvalue weighted by Crippen LogP contribution is 2.10. The molecule has 22 heavy (non-hydrogen) atoms. The Kier molecular flexibility index (Phi) is 5.91. The Labute approximate surface area is 131 Å². The molecule has 1 saturated heterocycles. The number of carbonyl (C=O) groups is 2. The Balaban J connectivity index is 1.78. The van der Waals surface area contributed by atoms with Crippen molar-refractivity contribution in [2.75, 3.05) is 44.6 Å². The zero-order chi connectivity index (χ0) is 15.9. The van der Waals surface area contributed by atoms with Gasteiger partial charge in [-0.2, -0.15) is 0 Å². The number of carbonyl (C=O) groups excluding carboxylic acids is 2. The van der Waals surface area contributed by atoms with Crippen molar-refractivity contribution in [3.63, 3.8) is 0 Å². The van der Waals surface area contributed by atoms with Crippen LogP contribution in [0.4, 0.5) is 5.69 Å². The summed E-state index contributed by atoms with van der Waals surface area (Å²) in [5.74, 6) is -0.365. The van der Waals surface area contributed by atoms with Gasteiger partial charge in [-0.1, -0.05) is 19.1 Å². The molecule has 1 aromatic carbocycles. The van der Waals surface area contributed by atoms with Crippen LogP contribution in [0.15, 0.2) is 24.3 Å². The number of hydrogen-bond donors (Lipinski definition) is 2. The molecule has 0 aromatic heterocycles. The Bertz CT molecular complexity index is 507. The summed E-state index contributed by atoms with van der Waals surface area (Å²) in [5.41, 5.74) is 6.74. The molecule has 1 aromatic rings. The van der Waals surface area contributed by atoms with Crippen molar-refractivity contribution >= 4 is 17.5 Å². The predicted molar refractivity (Wildman–Crippen MR) is 86.5 cm³/mol. The van der Waals surface area contributed by atoms with Gasteiger partial charge in [-0.05, 0) is 24.2 Å². The van der Waals surface area contributed by atoms with Crippen molar-refractivity contribution in [1.29, 1.82) is 0 Å². The molecule has 2 rings (SSSR count). The first kappa shape index (κ1) is 16.5. The first-order valence-electron chi connectivity index (χ1n) is 7.68. The van der Waals surface area contributed by atoms with E-state index < -0.39 is 0 Å². The lowest BCUT2D eigenvalue weighted by Gasteiger charge is -2.33. The van der Waals surface area contributed by atoms with Crippen molar-refractivity contribution in [3.8, 4) is 0 Å². The fourth-order valence-corrected chi connectivity index (χ4v) is 2.57. The van der Waals surface area contributed by atoms with E-state index in [0.717, 1.165) is 44.0 Å². The van der Waals surface area contributed by atoms with Crippen molar-refractivity contribution in [1.82, 2.24) is 9.80 Å². The van der Waals surface area contributed by atoms with Crippen LogP contribution in [0, 0.1) is 0 Å². The van der Waals surface area contributed by atoms with Crippen LogP contribution in [0.25, 0.3) is 0 Å². The SMILES string of the molecule is CCN1CCN(CC(=O)Nc2ccc(CC(N)=O)cc2)CC1. The second-order valence-corrected chi connectivity index (χ2v) is 5.60. The summed E-state index contributed by atoms with van der Waals surface area (Å²) in [7, 11) is 0. The summed E-state index contributed by atoms with van der Waals surface area (Å²) in [5, 5.41) is 2.88. The van der Waals surface area contributed by atoms with E-state index >= 15 is 0 Å². The summed E-state index contributed by atoms with van der Waals surface area (Å²) < 4.78 is 0. The molecule has 1 fully saturated rings. The zero-order valence-corrected chi connectivity index (χ0v) is 13.0. The van der Waals surface area contributed by atoms with Crippen LogP contribution in [0.2, 0.25) is 0 Å². The number of nitrogens with two attached hydrogens (primary N) is 1. The van der Waals surface area contributed by atoms with E-state index in [1.165, 1.54) is 0 Å². The summed E-state index contributed by atoms with van der Waals surface area (Å²) in [6, 6.07) is 7.21. The highest BCUT2D eigenvalue weighted by molar-refractivity contribution is 5.92. The van der Waals surface area contributed by atoms with Crippen LogP contribution in [-0.2, 0) is 16.0 Å². The van der Waals surface area contributed by atoms with E-state index in [0.29, 0.717) is 6.54 Å². The molecule has 0 radical (unpaired) electrons. The van der Waals surface area contributed by atoms with Gasteiger partial charge in [0.25, 0.3) is 0 Å². The third-order valence-electron chi connectivity index (χ3n) is 3.90. The Morgan fingerprint density at radius 3 is 2.23 bits per heavy atom. The molecular formula is C16H24N4O2. The molecule has 0 unspecified atom stereocenters. The minimum Gasteiger partial charge on any atom is -0.369 e. The van der Waals surface area contributed by atoms with Crippen LogP contribution in [-0.4, -0.2) is 60.9 Å². The summed E-state index contributed by atoms with van der Waals surface area (Å²) in [4.78, 5) is 27.4. The van der Waals surface area contributed by atoms with Gasteiger partial charge in [0.2, 0.25) is 11.8 Å². The summed E-state index contributed by atoms with van der Waals surface area (Å²) in [6.07, 6.45) is 0.218. The summed E-state index contributed by atoms with van der Waals surface area (Å²) in [6.45, 7) is 7.54. The monoisotopic (exact) mass is 304 g/mol. The number of nitrogens with one attached hydrogen (secondary N) is 1. The Morgan fingerprint density at radius 2 is 1.68 bits per heavy atom. The van der Waals surface area contributed by atoms with E-state index in [9.17, 15) is 9.59 Å². The van der Waals surface area contributed by atoms with E-state index in [4.69, 9.17) is 5.73 Å². The van der Waals surface area contributed by atoms with Gasteiger partial charge in [0.05, 0.1) is 13.0 Å². The van der Waals surface area contributed by atoms with Gasteiger partial charge in [-0.25, -0.2) is 0 Å². The van der Waals surface area contributed by atoms with Crippen LogP contribution >= 0.6 is 0 Å². The number of nitrogens with zero attached hydrogens (tertiary/aromatic N) is 2. The third-order valence-corrected chi connectivity index (χ3v) is 3.90. The van der Waals surface area contributed by atoms with Crippen molar-refractivity contribution in [2.45, 2.75) is 13.3 Å². The minimum atomic E-state index is -0.358. The highest BCUT2D eigenvalue weighted by Gasteiger charge is 2.17. The van der Waals surface area contributed by atoms with Crippen molar-refractivity contribution in [2.24, 2.45) is 5.73 Å². The Morgan fingerprint density at radius 1 is 1.09 bits per heavy atom. The lowest BCUT2D eigenvalue weighted by Crippen LogP contribution is -2.48. The van der Waals surface area contributed by atoms with Gasteiger partial charge in [0, 0.05) is 31.9 Å². The number of benzene rings is 1. The number of likely N-dealkylation sites (N-methyl/N-ethyl adjacent to an activating group) is 1. The molecule has 0 atom stereocenters. The van der Waals surface area contributed by atoms with Gasteiger partial charge < -0.3 is 16.0 Å². The maximum Gasteiger partial charge on any atom is 0.238 e. The number of amides is 2. The second kappa shape index (κ2) is 7.91. The van der Waals surface area contributed by atoms with Gasteiger partial charge in [-0.3, -0.25) is 14.5 Å². The van der Waals surface area contributed by atoms with E-state index in [1.807, 2.05) is 0 Å². The Hall–Kier alpha value is -1.92. The molecule has 2 amide bonds. The quantitative estimate of drug-likeness (QED) is 0.792. The molecular weight excluding hydrogens is 280 g/mol. The van der Waals surface area contributed by atoms with Crippen molar-refractivity contribution in [3.05, 3.63) is 29.8 Å². The molecule has 6 heteroatoms. The first-order chi connectivity index (χ1) is 10.6. The summed E-state index contributed by atoms with van der Waals surface area (Å²) >= 11 is 0. The first-order valence-corrected chi connectivity index (χ1v) is 7.68. The molecule has 1 aliphatic rings. The van der Waals surface area contributed by atoms with E-state index in [1.54, 1.807) is 24.3 Å². The predicted octanol–water partition coefficient (Wildman–Crippen LogP) is 0.290.